The summed E-state index contributed by atoms with van der Waals surface area (Å²) in [5.41, 5.74) is 0. The zero-order chi connectivity index (χ0) is 12.9. The highest BCUT2D eigenvalue weighted by atomic mass is 32.2. The minimum Gasteiger partial charge on any atom is -0.317 e. The third-order valence-electron chi connectivity index (χ3n) is 3.36. The third kappa shape index (κ3) is 5.33. The van der Waals surface area contributed by atoms with E-state index in [0.717, 1.165) is 25.8 Å². The van der Waals surface area contributed by atoms with Crippen molar-refractivity contribution in [3.63, 3.8) is 0 Å². The molecular formula is C11H25N3O2S. The fourth-order valence-electron chi connectivity index (χ4n) is 2.06. The lowest BCUT2D eigenvalue weighted by molar-refractivity contribution is 0.282. The smallest absolute Gasteiger partial charge is 0.211 e. The second-order valence-electron chi connectivity index (χ2n) is 4.89. The molecule has 0 radical (unpaired) electrons. The molecule has 5 nitrogen and oxygen atoms in total. The maximum absolute atomic E-state index is 11.4. The molecular weight excluding hydrogens is 238 g/mol. The van der Waals surface area contributed by atoms with Crippen molar-refractivity contribution in [1.29, 1.82) is 0 Å². The lowest BCUT2D eigenvalue weighted by Gasteiger charge is -2.31. The molecule has 2 atom stereocenters. The van der Waals surface area contributed by atoms with Crippen LogP contribution >= 0.6 is 0 Å². The van der Waals surface area contributed by atoms with Gasteiger partial charge in [-0.1, -0.05) is 0 Å². The van der Waals surface area contributed by atoms with Gasteiger partial charge in [0.2, 0.25) is 10.0 Å². The van der Waals surface area contributed by atoms with Gasteiger partial charge in [0, 0.05) is 25.2 Å². The van der Waals surface area contributed by atoms with Crippen molar-refractivity contribution in [1.82, 2.24) is 14.9 Å². The molecule has 17 heavy (non-hydrogen) atoms. The summed E-state index contributed by atoms with van der Waals surface area (Å²) in [5, 5.41) is 6.63. The maximum atomic E-state index is 11.4. The van der Waals surface area contributed by atoms with E-state index < -0.39 is 10.0 Å². The quantitative estimate of drug-likeness (QED) is 0.708. The average Bonchev–Trinajstić information content (AvgIpc) is 2.28. The number of hydrogen-bond acceptors (Lipinski definition) is 4. The monoisotopic (exact) mass is 263 g/mol. The molecule has 6 heteroatoms. The van der Waals surface area contributed by atoms with Crippen LogP contribution < -0.4 is 10.6 Å². The topological polar surface area (TPSA) is 61.4 Å². The predicted octanol–water partition coefficient (Wildman–Crippen LogP) is -0.00200. The van der Waals surface area contributed by atoms with Crippen molar-refractivity contribution >= 4 is 10.0 Å². The molecule has 0 aromatic heterocycles. The largest absolute Gasteiger partial charge is 0.317 e. The van der Waals surface area contributed by atoms with Crippen LogP contribution in [0.3, 0.4) is 0 Å². The van der Waals surface area contributed by atoms with Gasteiger partial charge in [-0.25, -0.2) is 12.7 Å². The number of rotatable bonds is 6. The lowest BCUT2D eigenvalue weighted by atomic mass is 10.1. The molecule has 0 aromatic carbocycles. The van der Waals surface area contributed by atoms with Crippen LogP contribution in [0, 0.1) is 0 Å². The summed E-state index contributed by atoms with van der Waals surface area (Å²) in [7, 11) is -1.07. The van der Waals surface area contributed by atoms with Crippen LogP contribution in [0.4, 0.5) is 0 Å². The molecule has 0 amide bonds. The van der Waals surface area contributed by atoms with E-state index in [4.69, 9.17) is 0 Å². The number of sulfonamides is 1. The number of nitrogens with one attached hydrogen (secondary N) is 2. The van der Waals surface area contributed by atoms with Crippen molar-refractivity contribution in [2.75, 3.05) is 32.9 Å². The fraction of sp³-hybridized carbons (Fsp3) is 1.00. The fourth-order valence-corrected chi connectivity index (χ4v) is 2.97. The van der Waals surface area contributed by atoms with E-state index in [1.165, 1.54) is 6.26 Å². The molecule has 1 fully saturated rings. The molecule has 1 aliphatic heterocycles. The first kappa shape index (κ1) is 14.9. The van der Waals surface area contributed by atoms with Gasteiger partial charge in [0.1, 0.15) is 0 Å². The Kier molecular flexibility index (Phi) is 5.85. The van der Waals surface area contributed by atoms with Crippen molar-refractivity contribution in [2.24, 2.45) is 0 Å². The minimum atomic E-state index is -3.02. The van der Waals surface area contributed by atoms with Gasteiger partial charge in [-0.05, 0) is 39.8 Å². The maximum Gasteiger partial charge on any atom is 0.211 e. The molecule has 0 aliphatic carbocycles. The van der Waals surface area contributed by atoms with Gasteiger partial charge in [0.05, 0.1) is 6.26 Å². The van der Waals surface area contributed by atoms with E-state index in [-0.39, 0.29) is 0 Å². The Morgan fingerprint density at radius 2 is 2.18 bits per heavy atom. The summed E-state index contributed by atoms with van der Waals surface area (Å²) in [5.74, 6) is 0. The Morgan fingerprint density at radius 3 is 2.76 bits per heavy atom. The van der Waals surface area contributed by atoms with Crippen LogP contribution in [-0.2, 0) is 10.0 Å². The van der Waals surface area contributed by atoms with Crippen molar-refractivity contribution < 1.29 is 8.42 Å². The van der Waals surface area contributed by atoms with Crippen LogP contribution in [0.5, 0.6) is 0 Å². The Hall–Kier alpha value is -0.170. The predicted molar refractivity (Wildman–Crippen MR) is 70.6 cm³/mol. The zero-order valence-corrected chi connectivity index (χ0v) is 11.9. The lowest BCUT2D eigenvalue weighted by Crippen LogP contribution is -2.48. The minimum absolute atomic E-state index is 0.308. The van der Waals surface area contributed by atoms with Crippen LogP contribution in [0.2, 0.25) is 0 Å². The summed E-state index contributed by atoms with van der Waals surface area (Å²) < 4.78 is 24.5. The van der Waals surface area contributed by atoms with E-state index in [1.54, 1.807) is 4.31 Å². The van der Waals surface area contributed by atoms with Gasteiger partial charge in [0.25, 0.3) is 0 Å². The van der Waals surface area contributed by atoms with Crippen LogP contribution in [0.15, 0.2) is 0 Å². The molecule has 2 N–H and O–H groups in total. The standard InChI is InChI=1S/C11H25N3O2S/c1-10(12-2)6-7-13-11-5-4-8-14(9-11)17(3,15)16/h10-13H,4-9H2,1-3H3. The third-order valence-corrected chi connectivity index (χ3v) is 4.63. The number of nitrogens with zero attached hydrogens (tertiary/aromatic N) is 1. The van der Waals surface area contributed by atoms with E-state index in [0.29, 0.717) is 25.2 Å². The van der Waals surface area contributed by atoms with E-state index in [1.807, 2.05) is 7.05 Å². The van der Waals surface area contributed by atoms with Gasteiger partial charge in [0.15, 0.2) is 0 Å². The van der Waals surface area contributed by atoms with Gasteiger partial charge in [-0.2, -0.15) is 0 Å². The van der Waals surface area contributed by atoms with Crippen molar-refractivity contribution in [3.05, 3.63) is 0 Å². The molecule has 0 bridgehead atoms. The highest BCUT2D eigenvalue weighted by Crippen LogP contribution is 2.12. The van der Waals surface area contributed by atoms with Gasteiger partial charge in [-0.3, -0.25) is 0 Å². The zero-order valence-electron chi connectivity index (χ0n) is 11.1. The van der Waals surface area contributed by atoms with E-state index >= 15 is 0 Å². The van der Waals surface area contributed by atoms with E-state index in [9.17, 15) is 8.42 Å². The molecule has 0 aromatic rings. The molecule has 1 rings (SSSR count). The summed E-state index contributed by atoms with van der Waals surface area (Å²) in [6.07, 6.45) is 4.37. The van der Waals surface area contributed by atoms with Crippen LogP contribution in [0.1, 0.15) is 26.2 Å². The second-order valence-corrected chi connectivity index (χ2v) is 6.88. The highest BCUT2D eigenvalue weighted by Gasteiger charge is 2.25. The van der Waals surface area contributed by atoms with Crippen molar-refractivity contribution in [2.45, 2.75) is 38.3 Å². The SMILES string of the molecule is CNC(C)CCNC1CCCN(S(C)(=O)=O)C1. The highest BCUT2D eigenvalue weighted by molar-refractivity contribution is 7.88. The first-order valence-electron chi connectivity index (χ1n) is 6.29. The Bertz CT molecular complexity index is 319. The van der Waals surface area contributed by atoms with E-state index in [2.05, 4.69) is 17.6 Å². The van der Waals surface area contributed by atoms with Gasteiger partial charge >= 0.3 is 0 Å². The molecule has 0 spiro atoms. The molecule has 1 saturated heterocycles. The van der Waals surface area contributed by atoms with Gasteiger partial charge < -0.3 is 10.6 Å². The summed E-state index contributed by atoms with van der Waals surface area (Å²) in [6, 6.07) is 0.805. The summed E-state index contributed by atoms with van der Waals surface area (Å²) in [6.45, 7) is 4.37. The molecule has 0 saturated carbocycles. The second kappa shape index (κ2) is 6.68. The number of hydrogen-bond donors (Lipinski definition) is 2. The summed E-state index contributed by atoms with van der Waals surface area (Å²) in [4.78, 5) is 0. The molecule has 102 valence electrons. The normalized spacial score (nSPS) is 24.8. The van der Waals surface area contributed by atoms with Crippen molar-refractivity contribution in [3.8, 4) is 0 Å². The number of piperidine rings is 1. The summed E-state index contributed by atoms with van der Waals surface area (Å²) >= 11 is 0. The first-order chi connectivity index (χ1) is 7.93. The average molecular weight is 263 g/mol. The van der Waals surface area contributed by atoms with Crippen LogP contribution in [-0.4, -0.2) is 57.7 Å². The Balaban J connectivity index is 2.30. The van der Waals surface area contributed by atoms with Gasteiger partial charge in [-0.15, -0.1) is 0 Å². The molecule has 1 aliphatic rings. The molecule has 2 unspecified atom stereocenters. The Morgan fingerprint density at radius 1 is 1.47 bits per heavy atom. The molecule has 1 heterocycles. The van der Waals surface area contributed by atoms with Crippen LogP contribution in [0.25, 0.3) is 0 Å². The first-order valence-corrected chi connectivity index (χ1v) is 8.14. The Labute approximate surface area is 105 Å².